The molecule has 0 bridgehead atoms. The molecule has 1 N–H and O–H groups in total. The van der Waals surface area contributed by atoms with E-state index in [1.54, 1.807) is 7.11 Å². The summed E-state index contributed by atoms with van der Waals surface area (Å²) in [6, 6.07) is 8.24. The highest BCUT2D eigenvalue weighted by atomic mass is 16.5. The quantitative estimate of drug-likeness (QED) is 0.840. The topological polar surface area (TPSA) is 41.6 Å². The highest BCUT2D eigenvalue weighted by Gasteiger charge is 2.24. The minimum atomic E-state index is 0.189. The zero-order chi connectivity index (χ0) is 16.7. The molecule has 1 heterocycles. The third-order valence-electron chi connectivity index (χ3n) is 4.54. The van der Waals surface area contributed by atoms with Crippen LogP contribution in [-0.2, 0) is 11.3 Å². The van der Waals surface area contributed by atoms with Crippen molar-refractivity contribution in [3.63, 3.8) is 0 Å². The highest BCUT2D eigenvalue weighted by Crippen LogP contribution is 2.20. The van der Waals surface area contributed by atoms with Crippen molar-refractivity contribution >= 4 is 5.91 Å². The minimum absolute atomic E-state index is 0.189. The first-order chi connectivity index (χ1) is 11.1. The van der Waals surface area contributed by atoms with Crippen LogP contribution in [-0.4, -0.2) is 37.6 Å². The number of nitrogens with one attached hydrogen (secondary N) is 1. The first-order valence-corrected chi connectivity index (χ1v) is 8.71. The van der Waals surface area contributed by atoms with E-state index >= 15 is 0 Å². The van der Waals surface area contributed by atoms with Gasteiger partial charge in [0.05, 0.1) is 7.11 Å². The van der Waals surface area contributed by atoms with Crippen molar-refractivity contribution in [3.05, 3.63) is 29.8 Å². The zero-order valence-electron chi connectivity index (χ0n) is 14.7. The Bertz CT molecular complexity index is 477. The summed E-state index contributed by atoms with van der Waals surface area (Å²) in [5, 5.41) is 3.09. The molecule has 4 nitrogen and oxygen atoms in total. The molecule has 1 aliphatic heterocycles. The van der Waals surface area contributed by atoms with Crippen LogP contribution in [0.4, 0.5) is 0 Å². The van der Waals surface area contributed by atoms with Gasteiger partial charge in [-0.25, -0.2) is 0 Å². The molecule has 23 heavy (non-hydrogen) atoms. The average molecular weight is 318 g/mol. The van der Waals surface area contributed by atoms with Gasteiger partial charge in [0.25, 0.3) is 0 Å². The van der Waals surface area contributed by atoms with E-state index < -0.39 is 0 Å². The highest BCUT2D eigenvalue weighted by molar-refractivity contribution is 5.78. The number of carbonyl (C=O) groups excluding carboxylic acids is 1. The number of benzene rings is 1. The molecular formula is C19H30N2O2. The Hall–Kier alpha value is -1.55. The van der Waals surface area contributed by atoms with Gasteiger partial charge in [0.1, 0.15) is 5.75 Å². The number of carbonyl (C=O) groups is 1. The monoisotopic (exact) mass is 318 g/mol. The largest absolute Gasteiger partial charge is 0.497 e. The molecule has 4 heteroatoms. The lowest BCUT2D eigenvalue weighted by Gasteiger charge is -2.31. The fourth-order valence-corrected chi connectivity index (χ4v) is 2.97. The molecule has 0 aromatic heterocycles. The molecule has 1 aliphatic rings. The predicted octanol–water partition coefficient (Wildman–Crippen LogP) is 3.07. The molecule has 0 saturated carbocycles. The maximum Gasteiger partial charge on any atom is 0.223 e. The van der Waals surface area contributed by atoms with Crippen LogP contribution in [0.15, 0.2) is 24.3 Å². The summed E-state index contributed by atoms with van der Waals surface area (Å²) in [6.07, 6.45) is 2.98. The van der Waals surface area contributed by atoms with Crippen molar-refractivity contribution in [3.8, 4) is 5.75 Å². The third kappa shape index (κ3) is 5.87. The Balaban J connectivity index is 1.71. The number of piperidine rings is 1. The van der Waals surface area contributed by atoms with Gasteiger partial charge in [-0.1, -0.05) is 26.0 Å². The van der Waals surface area contributed by atoms with Gasteiger partial charge in [-0.2, -0.15) is 0 Å². The van der Waals surface area contributed by atoms with Crippen LogP contribution in [0.25, 0.3) is 0 Å². The molecule has 0 unspecified atom stereocenters. The van der Waals surface area contributed by atoms with Gasteiger partial charge in [0.15, 0.2) is 0 Å². The van der Waals surface area contributed by atoms with Gasteiger partial charge in [-0.05, 0) is 56.0 Å². The summed E-state index contributed by atoms with van der Waals surface area (Å²) >= 11 is 0. The van der Waals surface area contributed by atoms with Crippen molar-refractivity contribution in [1.29, 1.82) is 0 Å². The fourth-order valence-electron chi connectivity index (χ4n) is 2.97. The van der Waals surface area contributed by atoms with Crippen LogP contribution in [0.5, 0.6) is 5.75 Å². The summed E-state index contributed by atoms with van der Waals surface area (Å²) in [5.41, 5.74) is 1.30. The Morgan fingerprint density at radius 3 is 2.48 bits per heavy atom. The number of amides is 1. The van der Waals surface area contributed by atoms with Gasteiger partial charge in [0, 0.05) is 19.0 Å². The lowest BCUT2D eigenvalue weighted by atomic mass is 9.95. The second-order valence-corrected chi connectivity index (χ2v) is 6.87. The SMILES string of the molecule is COc1ccc(CN2CCC(C(=O)NCCC(C)C)CC2)cc1. The molecule has 2 rings (SSSR count). The Morgan fingerprint density at radius 2 is 1.91 bits per heavy atom. The second kappa shape index (κ2) is 8.92. The van der Waals surface area contributed by atoms with Crippen molar-refractivity contribution in [1.82, 2.24) is 10.2 Å². The van der Waals surface area contributed by atoms with Crippen molar-refractivity contribution < 1.29 is 9.53 Å². The summed E-state index contributed by atoms with van der Waals surface area (Å²) < 4.78 is 5.19. The van der Waals surface area contributed by atoms with E-state index in [1.807, 2.05) is 12.1 Å². The van der Waals surface area contributed by atoms with E-state index in [2.05, 4.69) is 36.2 Å². The lowest BCUT2D eigenvalue weighted by Crippen LogP contribution is -2.40. The summed E-state index contributed by atoms with van der Waals surface area (Å²) in [4.78, 5) is 14.6. The van der Waals surface area contributed by atoms with Crippen LogP contribution in [0, 0.1) is 11.8 Å². The number of nitrogens with zero attached hydrogens (tertiary/aromatic N) is 1. The molecule has 1 fully saturated rings. The van der Waals surface area contributed by atoms with Gasteiger partial charge in [-0.3, -0.25) is 9.69 Å². The van der Waals surface area contributed by atoms with E-state index in [0.717, 1.165) is 51.2 Å². The predicted molar refractivity (Wildman–Crippen MR) is 93.5 cm³/mol. The Labute approximate surface area is 140 Å². The van der Waals surface area contributed by atoms with E-state index in [9.17, 15) is 4.79 Å². The van der Waals surface area contributed by atoms with Crippen LogP contribution in [0.2, 0.25) is 0 Å². The van der Waals surface area contributed by atoms with Gasteiger partial charge in [-0.15, -0.1) is 0 Å². The standard InChI is InChI=1S/C19H30N2O2/c1-15(2)8-11-20-19(22)17-9-12-21(13-10-17)14-16-4-6-18(23-3)7-5-16/h4-7,15,17H,8-14H2,1-3H3,(H,20,22). The van der Waals surface area contributed by atoms with Crippen molar-refractivity contribution in [2.24, 2.45) is 11.8 Å². The van der Waals surface area contributed by atoms with Gasteiger partial charge >= 0.3 is 0 Å². The number of methoxy groups -OCH3 is 1. The van der Waals surface area contributed by atoms with Crippen LogP contribution >= 0.6 is 0 Å². The maximum absolute atomic E-state index is 12.2. The molecule has 1 aromatic rings. The smallest absolute Gasteiger partial charge is 0.223 e. The van der Waals surface area contributed by atoms with Crippen LogP contribution < -0.4 is 10.1 Å². The van der Waals surface area contributed by atoms with Gasteiger partial charge < -0.3 is 10.1 Å². The lowest BCUT2D eigenvalue weighted by molar-refractivity contribution is -0.126. The van der Waals surface area contributed by atoms with Gasteiger partial charge in [0.2, 0.25) is 5.91 Å². The Kier molecular flexibility index (Phi) is 6.90. The fraction of sp³-hybridized carbons (Fsp3) is 0.632. The minimum Gasteiger partial charge on any atom is -0.497 e. The molecule has 1 saturated heterocycles. The summed E-state index contributed by atoms with van der Waals surface area (Å²) in [6.45, 7) is 8.12. The first kappa shape index (κ1) is 17.8. The molecule has 1 aromatic carbocycles. The molecular weight excluding hydrogens is 288 g/mol. The number of likely N-dealkylation sites (tertiary alicyclic amines) is 1. The van der Waals surface area contributed by atoms with E-state index in [1.165, 1.54) is 5.56 Å². The van der Waals surface area contributed by atoms with E-state index in [4.69, 9.17) is 4.74 Å². The molecule has 0 radical (unpaired) electrons. The maximum atomic E-state index is 12.2. The van der Waals surface area contributed by atoms with E-state index in [0.29, 0.717) is 5.92 Å². The van der Waals surface area contributed by atoms with Crippen LogP contribution in [0.3, 0.4) is 0 Å². The number of hydrogen-bond acceptors (Lipinski definition) is 3. The van der Waals surface area contributed by atoms with Crippen molar-refractivity contribution in [2.45, 2.75) is 39.7 Å². The summed E-state index contributed by atoms with van der Waals surface area (Å²) in [7, 11) is 1.69. The Morgan fingerprint density at radius 1 is 1.26 bits per heavy atom. The second-order valence-electron chi connectivity index (χ2n) is 6.87. The van der Waals surface area contributed by atoms with E-state index in [-0.39, 0.29) is 11.8 Å². The molecule has 1 amide bonds. The first-order valence-electron chi connectivity index (χ1n) is 8.71. The molecule has 0 aliphatic carbocycles. The molecule has 0 atom stereocenters. The molecule has 0 spiro atoms. The third-order valence-corrected chi connectivity index (χ3v) is 4.54. The number of hydrogen-bond donors (Lipinski definition) is 1. The van der Waals surface area contributed by atoms with Crippen molar-refractivity contribution in [2.75, 3.05) is 26.7 Å². The number of ether oxygens (including phenoxy) is 1. The zero-order valence-corrected chi connectivity index (χ0v) is 14.7. The van der Waals surface area contributed by atoms with Crippen LogP contribution in [0.1, 0.15) is 38.7 Å². The normalized spacial score (nSPS) is 16.5. The summed E-state index contributed by atoms with van der Waals surface area (Å²) in [5.74, 6) is 1.97. The molecule has 128 valence electrons. The number of rotatable bonds is 7. The average Bonchev–Trinajstić information content (AvgIpc) is 2.56.